The Labute approximate surface area is 210 Å². The molecule has 4 rings (SSSR count). The molecule has 0 fully saturated rings. The van der Waals surface area contributed by atoms with Crippen LogP contribution in [-0.2, 0) is 11.4 Å². The number of fused-ring (bicyclic) bond motifs is 1. The summed E-state index contributed by atoms with van der Waals surface area (Å²) in [5, 5.41) is 23.2. The molecule has 7 nitrogen and oxygen atoms in total. The number of aromatic nitrogens is 3. The Bertz CT molecular complexity index is 1500. The Hall–Kier alpha value is -4.62. The van der Waals surface area contributed by atoms with Gasteiger partial charge in [-0.05, 0) is 48.4 Å². The molecule has 0 aliphatic rings. The molecule has 180 valence electrons. The predicted octanol–water partition coefficient (Wildman–Crippen LogP) is 5.55. The van der Waals surface area contributed by atoms with Crippen LogP contribution in [0, 0.1) is 23.2 Å². The Morgan fingerprint density at radius 3 is 2.61 bits per heavy atom. The van der Waals surface area contributed by atoms with Gasteiger partial charge in [0, 0.05) is 23.2 Å². The van der Waals surface area contributed by atoms with E-state index in [1.54, 1.807) is 17.5 Å². The number of hydrogen-bond acceptors (Lipinski definition) is 5. The summed E-state index contributed by atoms with van der Waals surface area (Å²) in [6.45, 7) is 6.09. The molecule has 1 unspecified atom stereocenters. The lowest BCUT2D eigenvalue weighted by atomic mass is 9.96. The normalized spacial score (nSPS) is 11.5. The molecular weight excluding hydrogens is 452 g/mol. The van der Waals surface area contributed by atoms with Crippen molar-refractivity contribution in [3.63, 3.8) is 0 Å². The summed E-state index contributed by atoms with van der Waals surface area (Å²) in [5.74, 6) is 6.09. The van der Waals surface area contributed by atoms with Gasteiger partial charge in [-0.25, -0.2) is 9.50 Å². The Morgan fingerprint density at radius 2 is 1.94 bits per heavy atom. The molecule has 0 saturated carbocycles. The van der Waals surface area contributed by atoms with Gasteiger partial charge in [0.2, 0.25) is 0 Å². The molecule has 2 aromatic heterocycles. The number of hydrogen-bond donors (Lipinski definition) is 1. The summed E-state index contributed by atoms with van der Waals surface area (Å²) < 4.78 is 7.81. The fourth-order valence-corrected chi connectivity index (χ4v) is 3.91. The van der Waals surface area contributed by atoms with E-state index in [0.717, 1.165) is 33.7 Å². The third kappa shape index (κ3) is 5.54. The lowest BCUT2D eigenvalue weighted by Gasteiger charge is -2.12. The molecule has 0 radical (unpaired) electrons. The zero-order valence-electron chi connectivity index (χ0n) is 20.4. The highest BCUT2D eigenvalue weighted by Gasteiger charge is 2.16. The van der Waals surface area contributed by atoms with E-state index in [0.29, 0.717) is 17.9 Å². The van der Waals surface area contributed by atoms with Gasteiger partial charge in [0.15, 0.2) is 11.5 Å². The van der Waals surface area contributed by atoms with Gasteiger partial charge in [0.1, 0.15) is 12.4 Å². The van der Waals surface area contributed by atoms with Crippen LogP contribution in [0.25, 0.3) is 16.8 Å². The molecule has 0 bridgehead atoms. The van der Waals surface area contributed by atoms with Crippen LogP contribution in [-0.4, -0.2) is 25.7 Å². The Kier molecular flexibility index (Phi) is 7.32. The maximum Gasteiger partial charge on any atom is 0.304 e. The Balaban J connectivity index is 1.62. The van der Waals surface area contributed by atoms with Crippen LogP contribution in [0.5, 0.6) is 5.75 Å². The minimum atomic E-state index is -0.886. The third-order valence-electron chi connectivity index (χ3n) is 5.71. The average Bonchev–Trinajstić information content (AvgIpc) is 3.31. The fourth-order valence-electron chi connectivity index (χ4n) is 3.91. The number of ether oxygens (including phenoxy) is 1. The van der Waals surface area contributed by atoms with Crippen LogP contribution in [0.4, 0.5) is 0 Å². The van der Waals surface area contributed by atoms with Crippen molar-refractivity contribution in [1.82, 2.24) is 14.6 Å². The number of aliphatic carboxylic acids is 1. The Morgan fingerprint density at radius 1 is 1.17 bits per heavy atom. The highest BCUT2D eigenvalue weighted by Crippen LogP contribution is 2.28. The molecule has 0 saturated heterocycles. The molecule has 1 atom stereocenters. The topological polar surface area (TPSA) is 101 Å². The van der Waals surface area contributed by atoms with Crippen molar-refractivity contribution in [1.29, 1.82) is 5.26 Å². The molecule has 0 spiro atoms. The van der Waals surface area contributed by atoms with Gasteiger partial charge < -0.3 is 9.84 Å². The van der Waals surface area contributed by atoms with Crippen molar-refractivity contribution < 1.29 is 14.6 Å². The van der Waals surface area contributed by atoms with Crippen LogP contribution < -0.4 is 4.74 Å². The summed E-state index contributed by atoms with van der Waals surface area (Å²) in [7, 11) is 0. The number of rotatable bonds is 8. The second kappa shape index (κ2) is 10.8. The second-order valence-corrected chi connectivity index (χ2v) is 8.75. The molecule has 2 aromatic carbocycles. The van der Waals surface area contributed by atoms with Gasteiger partial charge in [0.25, 0.3) is 0 Å². The van der Waals surface area contributed by atoms with E-state index in [9.17, 15) is 10.1 Å². The van der Waals surface area contributed by atoms with E-state index in [-0.39, 0.29) is 18.3 Å². The third-order valence-corrected chi connectivity index (χ3v) is 5.71. The first-order valence-corrected chi connectivity index (χ1v) is 11.6. The van der Waals surface area contributed by atoms with Gasteiger partial charge in [-0.2, -0.15) is 10.4 Å². The maximum absolute atomic E-state index is 11.2. The van der Waals surface area contributed by atoms with E-state index >= 15 is 0 Å². The number of benzene rings is 2. The number of nitrogens with zero attached hydrogens (tertiary/aromatic N) is 4. The number of pyridine rings is 1. The van der Waals surface area contributed by atoms with Crippen LogP contribution in [0.1, 0.15) is 61.5 Å². The molecule has 1 N–H and O–H groups in total. The van der Waals surface area contributed by atoms with Gasteiger partial charge in [-0.15, -0.1) is 5.92 Å². The number of carboxylic acid groups (broad SMARTS) is 1. The lowest BCUT2D eigenvalue weighted by Crippen LogP contribution is -2.05. The largest absolute Gasteiger partial charge is 0.489 e. The summed E-state index contributed by atoms with van der Waals surface area (Å²) in [6, 6.07) is 19.0. The second-order valence-electron chi connectivity index (χ2n) is 8.75. The van der Waals surface area contributed by atoms with Crippen molar-refractivity contribution in [2.45, 2.75) is 45.6 Å². The number of nitriles is 1. The number of carbonyl (C=O) groups is 1. The van der Waals surface area contributed by atoms with E-state index in [1.165, 1.54) is 0 Å². The lowest BCUT2D eigenvalue weighted by molar-refractivity contribution is -0.137. The molecule has 0 aliphatic carbocycles. The van der Waals surface area contributed by atoms with Crippen molar-refractivity contribution in [3.05, 3.63) is 83.3 Å². The molecule has 0 aliphatic heterocycles. The average molecular weight is 479 g/mol. The van der Waals surface area contributed by atoms with Crippen molar-refractivity contribution in [2.24, 2.45) is 0 Å². The smallest absolute Gasteiger partial charge is 0.304 e. The van der Waals surface area contributed by atoms with Crippen molar-refractivity contribution >= 4 is 11.6 Å². The number of carboxylic acids is 1. The van der Waals surface area contributed by atoms with Crippen LogP contribution in [0.2, 0.25) is 0 Å². The molecule has 4 aromatic rings. The monoisotopic (exact) mass is 478 g/mol. The van der Waals surface area contributed by atoms with Crippen LogP contribution in [0.15, 0.2) is 60.8 Å². The molecular formula is C29H26N4O3. The van der Waals surface area contributed by atoms with E-state index in [4.69, 9.17) is 14.8 Å². The predicted molar refractivity (Wildman–Crippen MR) is 136 cm³/mol. The summed E-state index contributed by atoms with van der Waals surface area (Å²) in [6.07, 6.45) is 1.85. The van der Waals surface area contributed by atoms with E-state index < -0.39 is 5.97 Å². The highest BCUT2D eigenvalue weighted by molar-refractivity contribution is 5.78. The van der Waals surface area contributed by atoms with E-state index in [2.05, 4.69) is 23.0 Å². The first kappa shape index (κ1) is 24.5. The van der Waals surface area contributed by atoms with Gasteiger partial charge in [0.05, 0.1) is 24.0 Å². The molecule has 36 heavy (non-hydrogen) atoms. The van der Waals surface area contributed by atoms with Crippen molar-refractivity contribution in [3.8, 4) is 34.8 Å². The van der Waals surface area contributed by atoms with Crippen LogP contribution >= 0.6 is 0 Å². The zero-order chi connectivity index (χ0) is 25.7. The van der Waals surface area contributed by atoms with Crippen molar-refractivity contribution in [2.75, 3.05) is 0 Å². The first-order valence-electron chi connectivity index (χ1n) is 11.6. The van der Waals surface area contributed by atoms with Gasteiger partial charge >= 0.3 is 5.97 Å². The quantitative estimate of drug-likeness (QED) is 0.333. The maximum atomic E-state index is 11.2. The van der Waals surface area contributed by atoms with Gasteiger partial charge in [-0.3, -0.25) is 4.79 Å². The standard InChI is InChI=1S/C29H26N4O3/c1-4-6-23(15-27(34)35)22-9-11-25(12-10-22)36-18-21-14-26(24-8-5-7-20(13-24)16-30)29-31-28(19(2)3)32-33(29)17-21/h5,7-14,17,19,23H,15,18H2,1-3H3,(H,34,35). The highest BCUT2D eigenvalue weighted by atomic mass is 16.5. The minimum Gasteiger partial charge on any atom is -0.489 e. The fraction of sp³-hybridized carbons (Fsp3) is 0.241. The molecule has 2 heterocycles. The van der Waals surface area contributed by atoms with Crippen LogP contribution in [0.3, 0.4) is 0 Å². The van der Waals surface area contributed by atoms with Gasteiger partial charge in [-0.1, -0.05) is 44.0 Å². The summed E-state index contributed by atoms with van der Waals surface area (Å²) in [5.41, 5.74) is 4.79. The first-order chi connectivity index (χ1) is 17.4. The minimum absolute atomic E-state index is 0.0485. The molecule has 7 heteroatoms. The van der Waals surface area contributed by atoms with E-state index in [1.807, 2.05) is 68.6 Å². The summed E-state index contributed by atoms with van der Waals surface area (Å²) in [4.78, 5) is 15.9. The summed E-state index contributed by atoms with van der Waals surface area (Å²) >= 11 is 0. The SMILES string of the molecule is CC#CC(CC(=O)O)c1ccc(OCc2cc(-c3cccc(C#N)c3)c3nc(C(C)C)nn3c2)cc1. The zero-order valence-corrected chi connectivity index (χ0v) is 20.4. The molecule has 0 amide bonds.